The van der Waals surface area contributed by atoms with Crippen molar-refractivity contribution in [2.45, 2.75) is 93.3 Å². The number of hydrogen-bond donors (Lipinski definition) is 5. The number of aromatic nitrogens is 1. The zero-order chi connectivity index (χ0) is 59.5. The van der Waals surface area contributed by atoms with E-state index in [-0.39, 0.29) is 120 Å². The van der Waals surface area contributed by atoms with Crippen LogP contribution < -0.4 is 35.9 Å². The van der Waals surface area contributed by atoms with Crippen molar-refractivity contribution in [2.75, 3.05) is 25.5 Å². The van der Waals surface area contributed by atoms with Crippen molar-refractivity contribution in [3.8, 4) is 22.6 Å². The third-order valence-corrected chi connectivity index (χ3v) is 15.2. The van der Waals surface area contributed by atoms with E-state index in [1.54, 1.807) is 73.7 Å². The van der Waals surface area contributed by atoms with Crippen LogP contribution in [-0.4, -0.2) is 91.4 Å². The van der Waals surface area contributed by atoms with Gasteiger partial charge in [0.25, 0.3) is 12.4 Å². The van der Waals surface area contributed by atoms with Gasteiger partial charge in [0, 0.05) is 50.1 Å². The van der Waals surface area contributed by atoms with Gasteiger partial charge >= 0.3 is 17.9 Å². The summed E-state index contributed by atoms with van der Waals surface area (Å²) in [5.74, 6) is -7.81. The van der Waals surface area contributed by atoms with Crippen LogP contribution >= 0.6 is 0 Å². The van der Waals surface area contributed by atoms with Crippen molar-refractivity contribution in [3.05, 3.63) is 125 Å². The molecule has 0 spiro atoms. The summed E-state index contributed by atoms with van der Waals surface area (Å²) in [5.41, 5.74) is 0.676. The van der Waals surface area contributed by atoms with E-state index < -0.39 is 76.7 Å². The summed E-state index contributed by atoms with van der Waals surface area (Å²) >= 11 is 0. The van der Waals surface area contributed by atoms with Gasteiger partial charge in [-0.25, -0.2) is 19.4 Å². The number of carbonyl (C=O) groups is 8. The van der Waals surface area contributed by atoms with Crippen molar-refractivity contribution >= 4 is 71.3 Å². The van der Waals surface area contributed by atoms with Crippen molar-refractivity contribution in [2.24, 2.45) is 52.3 Å². The van der Waals surface area contributed by atoms with Gasteiger partial charge in [-0.15, -0.1) is 0 Å². The maximum absolute atomic E-state index is 15.2. The largest absolute Gasteiger partial charge is 0.478 e. The number of ether oxygens (including phenoxy) is 3. The second kappa shape index (κ2) is 28.8. The maximum atomic E-state index is 15.2. The summed E-state index contributed by atoms with van der Waals surface area (Å²) in [7, 11) is 1.14. The molecular formula is C62H71N6O14Zn-. The number of aliphatic imine (C=N–C) groups is 1. The Morgan fingerprint density at radius 2 is 1.24 bits per heavy atom. The quantitative estimate of drug-likeness (QED) is 0.0130. The number of aromatic carboxylic acids is 1. The summed E-state index contributed by atoms with van der Waals surface area (Å²) in [4.78, 5) is 128. The first-order chi connectivity index (χ1) is 39.1. The number of allylic oxidation sites excluding steroid dienone is 1. The molecule has 4 amide bonds. The third kappa shape index (κ3) is 15.4. The Balaban J connectivity index is 0.0000111. The Morgan fingerprint density at radius 3 is 1.77 bits per heavy atom. The molecule has 1 aromatic heterocycles. The van der Waals surface area contributed by atoms with Gasteiger partial charge < -0.3 is 50.5 Å². The molecule has 21 heteroatoms. The van der Waals surface area contributed by atoms with E-state index in [0.717, 1.165) is 51.0 Å². The number of rotatable bonds is 21. The SMILES string of the molecule is C=CC(=O)NCC(C)C(=O)NC1=N/C(=C\c2[n-]c(NC(=O)C(C)CNC(=O)c3cc(OC=O)c(OOC)cc3C(=O)O)c(C(=O)OC3C(C)CC(C)CC3C)c2-c2ccccc2)C(c2ccccc2)=C1C(=O)OC1C(C)CC(C)CC1C.[Zn]. The first-order valence-corrected chi connectivity index (χ1v) is 27.5. The van der Waals surface area contributed by atoms with Crippen molar-refractivity contribution in [1.82, 2.24) is 20.9 Å². The Kier molecular flexibility index (Phi) is 22.2. The number of carboxylic acids is 1. The fourth-order valence-electron chi connectivity index (χ4n) is 11.4. The molecule has 3 aliphatic rings. The molecule has 2 aliphatic carbocycles. The molecule has 5 N–H and O–H groups in total. The number of hydrogen-bond acceptors (Lipinski definition) is 14. The molecule has 20 nitrogen and oxygen atoms in total. The second-order valence-corrected chi connectivity index (χ2v) is 21.9. The fraction of sp³-hybridized carbons (Fsp3) is 0.403. The number of anilines is 1. The summed E-state index contributed by atoms with van der Waals surface area (Å²) in [5, 5.41) is 20.9. The number of carbonyl (C=O) groups excluding carboxylic acids is 7. The second-order valence-electron chi connectivity index (χ2n) is 21.9. The van der Waals surface area contributed by atoms with E-state index in [1.807, 2.05) is 27.7 Å². The molecular weight excluding hydrogens is 1120 g/mol. The Bertz CT molecular complexity index is 3170. The van der Waals surface area contributed by atoms with Gasteiger partial charge in [-0.05, 0) is 108 Å². The predicted octanol–water partition coefficient (Wildman–Crippen LogP) is 8.59. The minimum absolute atomic E-state index is 0. The van der Waals surface area contributed by atoms with E-state index in [2.05, 4.69) is 46.6 Å². The topological polar surface area (TPSA) is 278 Å². The number of nitrogens with zero attached hydrogens (tertiary/aromatic N) is 2. The van der Waals surface area contributed by atoms with Gasteiger partial charge in [-0.3, -0.25) is 24.0 Å². The predicted molar refractivity (Wildman–Crippen MR) is 305 cm³/mol. The van der Waals surface area contributed by atoms with E-state index in [4.69, 9.17) is 29.1 Å². The smallest absolute Gasteiger partial charge is 0.342 e. The van der Waals surface area contributed by atoms with Crippen molar-refractivity contribution in [3.63, 3.8) is 0 Å². The van der Waals surface area contributed by atoms with Crippen LogP contribution in [0.2, 0.25) is 0 Å². The molecule has 0 saturated heterocycles. The van der Waals surface area contributed by atoms with E-state index in [1.165, 1.54) is 6.92 Å². The zero-order valence-electron chi connectivity index (χ0n) is 48.2. The fourth-order valence-corrected chi connectivity index (χ4v) is 11.4. The number of benzene rings is 3. The van der Waals surface area contributed by atoms with Crippen LogP contribution in [0, 0.1) is 47.3 Å². The van der Waals surface area contributed by atoms with Crippen LogP contribution in [0.4, 0.5) is 5.82 Å². The number of esters is 2. The third-order valence-electron chi connectivity index (χ3n) is 15.2. The molecule has 3 aromatic carbocycles. The monoisotopic (exact) mass is 1190 g/mol. The number of amides is 4. The van der Waals surface area contributed by atoms with Crippen LogP contribution in [0.15, 0.2) is 102 Å². The number of nitrogens with one attached hydrogen (secondary N) is 4. The molecule has 6 atom stereocenters. The van der Waals surface area contributed by atoms with Crippen LogP contribution in [-0.2, 0) is 57.8 Å². The first-order valence-electron chi connectivity index (χ1n) is 27.5. The van der Waals surface area contributed by atoms with Crippen LogP contribution in [0.25, 0.3) is 22.8 Å². The summed E-state index contributed by atoms with van der Waals surface area (Å²) in [6.45, 7) is 18.7. The Hall–Kier alpha value is -8.03. The molecule has 0 radical (unpaired) electrons. The van der Waals surface area contributed by atoms with Gasteiger partial charge in [0.05, 0.1) is 35.4 Å². The maximum Gasteiger partial charge on any atom is 0.342 e. The minimum Gasteiger partial charge on any atom is -0.478 e. The molecule has 6 unspecified atom stereocenters. The molecule has 2 saturated carbocycles. The average molecular weight is 1190 g/mol. The van der Waals surface area contributed by atoms with Crippen molar-refractivity contribution in [1.29, 1.82) is 0 Å². The van der Waals surface area contributed by atoms with E-state index >= 15 is 9.59 Å². The molecule has 83 heavy (non-hydrogen) atoms. The molecule has 4 aromatic rings. The Labute approximate surface area is 495 Å². The molecule has 436 valence electrons. The van der Waals surface area contributed by atoms with Crippen molar-refractivity contribution < 1.29 is 86.9 Å². The summed E-state index contributed by atoms with van der Waals surface area (Å²) < 4.78 is 17.8. The van der Waals surface area contributed by atoms with Crippen LogP contribution in [0.3, 0.4) is 0 Å². The number of amidine groups is 1. The molecule has 0 bridgehead atoms. The van der Waals surface area contributed by atoms with Crippen LogP contribution in [0.1, 0.15) is 123 Å². The van der Waals surface area contributed by atoms with Crippen LogP contribution in [0.5, 0.6) is 11.5 Å². The number of carboxylic acid groups (broad SMARTS) is 1. The van der Waals surface area contributed by atoms with E-state index in [9.17, 15) is 33.9 Å². The van der Waals surface area contributed by atoms with E-state index in [0.29, 0.717) is 23.0 Å². The standard InChI is InChI=1S/C62H72N6O14.Zn/c1-11-48(70)63-29-38(8)57(71)67-55-51(61(76)80-53-34(4)22-32(2)23-35(53)5)49(40-18-14-12-15-19-40)44(65-55)28-45-50(41-20-16-13-17-21-41)52(62(77)81-54-36(6)24-33(3)25-37(54)7)56(66-45)68-58(72)39(9)30-64-59(73)42-26-46(79-31-69)47(82-78-10)27-43(42)60(74)75;/h11-21,26-28,31-39,53-54H,1,22-25,29-30H2,2-10H3,(H6,63,64,65,66,67,68,70,71,72,73,74,75,76,77);/p-1. The first kappa shape index (κ1) is 64.1. The molecule has 7 rings (SSSR count). The normalized spacial score (nSPS) is 22.3. The van der Waals surface area contributed by atoms with Gasteiger partial charge in [0.1, 0.15) is 29.5 Å². The molecule has 2 heterocycles. The minimum atomic E-state index is -1.52. The molecule has 1 aliphatic heterocycles. The van der Waals surface area contributed by atoms with Gasteiger partial charge in [0.15, 0.2) is 5.75 Å². The van der Waals surface area contributed by atoms with Gasteiger partial charge in [0.2, 0.25) is 17.6 Å². The molecule has 2 fully saturated rings. The summed E-state index contributed by atoms with van der Waals surface area (Å²) in [6, 6.07) is 19.7. The van der Waals surface area contributed by atoms with Gasteiger partial charge in [-0.2, -0.15) is 4.89 Å². The Morgan fingerprint density at radius 1 is 0.723 bits per heavy atom. The summed E-state index contributed by atoms with van der Waals surface area (Å²) in [6.07, 6.45) is 4.94. The van der Waals surface area contributed by atoms with Gasteiger partial charge in [-0.1, -0.05) is 123 Å². The average Bonchev–Trinajstić information content (AvgIpc) is 4.24. The zero-order valence-corrected chi connectivity index (χ0v) is 51.2.